The van der Waals surface area contributed by atoms with Gasteiger partial charge in [0, 0.05) is 0 Å². The van der Waals surface area contributed by atoms with E-state index in [9.17, 15) is 14.4 Å². The van der Waals surface area contributed by atoms with Crippen molar-refractivity contribution in [3.05, 3.63) is 0 Å². The Morgan fingerprint density at radius 2 is 1.82 bits per heavy atom. The summed E-state index contributed by atoms with van der Waals surface area (Å²) in [5, 5.41) is 13.7. The number of amides is 3. The van der Waals surface area contributed by atoms with E-state index in [-0.39, 0.29) is 0 Å². The fourth-order valence-electron chi connectivity index (χ4n) is 1.52. The molecule has 0 aliphatic heterocycles. The molecular weight excluding hydrogens is 226 g/mol. The van der Waals surface area contributed by atoms with Crippen LogP contribution in [0.2, 0.25) is 0 Å². The Kier molecular flexibility index (Phi) is 3.30. The molecule has 1 rings (SSSR count). The van der Waals surface area contributed by atoms with Gasteiger partial charge in [-0.2, -0.15) is 0 Å². The van der Waals surface area contributed by atoms with Crippen LogP contribution in [-0.4, -0.2) is 34.1 Å². The van der Waals surface area contributed by atoms with Crippen LogP contribution in [0.1, 0.15) is 33.1 Å². The molecule has 0 aromatic rings. The monoisotopic (exact) mass is 243 g/mol. The minimum Gasteiger partial charge on any atom is -0.480 e. The number of carboxylic acid groups (broad SMARTS) is 1. The van der Waals surface area contributed by atoms with E-state index in [0.717, 1.165) is 6.42 Å². The average molecular weight is 243 g/mol. The third-order valence-electron chi connectivity index (χ3n) is 3.01. The van der Waals surface area contributed by atoms with Gasteiger partial charge >= 0.3 is 12.0 Å². The van der Waals surface area contributed by atoms with Crippen molar-refractivity contribution < 1.29 is 19.5 Å². The van der Waals surface area contributed by atoms with Gasteiger partial charge < -0.3 is 21.5 Å². The zero-order valence-corrected chi connectivity index (χ0v) is 9.87. The van der Waals surface area contributed by atoms with Crippen LogP contribution in [-0.2, 0) is 9.59 Å². The Bertz CT molecular complexity index is 361. The molecule has 0 atom stereocenters. The van der Waals surface area contributed by atoms with Gasteiger partial charge in [-0.05, 0) is 33.1 Å². The summed E-state index contributed by atoms with van der Waals surface area (Å²) < 4.78 is 0. The van der Waals surface area contributed by atoms with E-state index in [1.807, 2.05) is 0 Å². The van der Waals surface area contributed by atoms with E-state index < -0.39 is 29.0 Å². The Balaban J connectivity index is 2.61. The third kappa shape index (κ3) is 2.66. The minimum absolute atomic E-state index is 0.396. The summed E-state index contributed by atoms with van der Waals surface area (Å²) >= 11 is 0. The first-order valence-corrected chi connectivity index (χ1v) is 5.33. The number of hydrogen-bond donors (Lipinski definition) is 4. The fraction of sp³-hybridized carbons (Fsp3) is 0.700. The molecule has 0 radical (unpaired) electrons. The Hall–Kier alpha value is -1.79. The molecule has 0 heterocycles. The lowest BCUT2D eigenvalue weighted by molar-refractivity contribution is -0.148. The molecule has 5 N–H and O–H groups in total. The fourth-order valence-corrected chi connectivity index (χ4v) is 1.52. The minimum atomic E-state index is -1.21. The predicted octanol–water partition coefficient (Wildman–Crippen LogP) is -0.443. The highest BCUT2D eigenvalue weighted by molar-refractivity contribution is 5.91. The average Bonchev–Trinajstić information content (AvgIpc) is 2.09. The number of urea groups is 1. The van der Waals surface area contributed by atoms with E-state index in [2.05, 4.69) is 10.6 Å². The van der Waals surface area contributed by atoms with Crippen LogP contribution in [0.25, 0.3) is 0 Å². The van der Waals surface area contributed by atoms with Crippen molar-refractivity contribution in [1.29, 1.82) is 0 Å². The number of rotatable bonds is 4. The van der Waals surface area contributed by atoms with E-state index >= 15 is 0 Å². The van der Waals surface area contributed by atoms with Crippen molar-refractivity contribution in [3.63, 3.8) is 0 Å². The summed E-state index contributed by atoms with van der Waals surface area (Å²) in [4.78, 5) is 33.6. The van der Waals surface area contributed by atoms with Crippen molar-refractivity contribution in [2.24, 2.45) is 5.73 Å². The summed E-state index contributed by atoms with van der Waals surface area (Å²) in [5.41, 5.74) is 2.68. The van der Waals surface area contributed by atoms with E-state index in [4.69, 9.17) is 10.8 Å². The Morgan fingerprint density at radius 3 is 2.12 bits per heavy atom. The van der Waals surface area contributed by atoms with Gasteiger partial charge in [0.1, 0.15) is 11.1 Å². The lowest BCUT2D eigenvalue weighted by Gasteiger charge is -2.38. The standard InChI is InChI=1S/C10H17N3O4/c1-9(2,6(11)14)12-8(17)13-10(7(15)16)4-3-5-10/h3-5H2,1-2H3,(H2,11,14)(H,15,16)(H2,12,13,17). The molecule has 0 spiro atoms. The highest BCUT2D eigenvalue weighted by Crippen LogP contribution is 2.31. The maximum atomic E-state index is 11.6. The molecule has 17 heavy (non-hydrogen) atoms. The third-order valence-corrected chi connectivity index (χ3v) is 3.01. The Morgan fingerprint density at radius 1 is 1.29 bits per heavy atom. The molecule has 3 amide bonds. The number of nitrogens with one attached hydrogen (secondary N) is 2. The van der Waals surface area contributed by atoms with Crippen LogP contribution < -0.4 is 16.4 Å². The molecule has 7 heteroatoms. The SMILES string of the molecule is CC(C)(NC(=O)NC1(C(=O)O)CCC1)C(N)=O. The number of carbonyl (C=O) groups is 3. The van der Waals surface area contributed by atoms with Crippen LogP contribution >= 0.6 is 0 Å². The van der Waals surface area contributed by atoms with Crippen LogP contribution in [0.4, 0.5) is 4.79 Å². The van der Waals surface area contributed by atoms with Crippen molar-refractivity contribution in [2.45, 2.75) is 44.2 Å². The first kappa shape index (κ1) is 13.3. The molecule has 0 saturated heterocycles. The number of carbonyl (C=O) groups excluding carboxylic acids is 2. The molecular formula is C10H17N3O4. The maximum absolute atomic E-state index is 11.6. The zero-order valence-electron chi connectivity index (χ0n) is 9.87. The summed E-state index contributed by atoms with van der Waals surface area (Å²) in [5.74, 6) is -1.75. The molecule has 1 aliphatic rings. The molecule has 1 fully saturated rings. The van der Waals surface area contributed by atoms with Crippen molar-refractivity contribution in [2.75, 3.05) is 0 Å². The summed E-state index contributed by atoms with van der Waals surface area (Å²) in [7, 11) is 0. The van der Waals surface area contributed by atoms with Gasteiger partial charge in [0.15, 0.2) is 0 Å². The van der Waals surface area contributed by atoms with E-state index in [0.29, 0.717) is 12.8 Å². The number of primary amides is 1. The summed E-state index contributed by atoms with van der Waals surface area (Å²) in [6.45, 7) is 2.90. The van der Waals surface area contributed by atoms with Gasteiger partial charge in [-0.25, -0.2) is 9.59 Å². The van der Waals surface area contributed by atoms with Crippen molar-refractivity contribution in [3.8, 4) is 0 Å². The van der Waals surface area contributed by atoms with Gasteiger partial charge in [0.25, 0.3) is 0 Å². The molecule has 0 aromatic carbocycles. The highest BCUT2D eigenvalue weighted by atomic mass is 16.4. The first-order valence-electron chi connectivity index (χ1n) is 5.33. The molecule has 1 aliphatic carbocycles. The molecule has 0 unspecified atom stereocenters. The van der Waals surface area contributed by atoms with Crippen molar-refractivity contribution in [1.82, 2.24) is 10.6 Å². The Labute approximate surface area is 98.7 Å². The second-order valence-electron chi connectivity index (χ2n) is 4.81. The number of carboxylic acids is 1. The number of nitrogens with two attached hydrogens (primary N) is 1. The smallest absolute Gasteiger partial charge is 0.329 e. The molecule has 1 saturated carbocycles. The molecule has 0 bridgehead atoms. The van der Waals surface area contributed by atoms with Crippen LogP contribution in [0.15, 0.2) is 0 Å². The second kappa shape index (κ2) is 4.23. The molecule has 0 aromatic heterocycles. The quantitative estimate of drug-likeness (QED) is 0.534. The normalized spacial score (nSPS) is 17.8. The van der Waals surface area contributed by atoms with Gasteiger partial charge in [0.05, 0.1) is 0 Å². The second-order valence-corrected chi connectivity index (χ2v) is 4.81. The van der Waals surface area contributed by atoms with Crippen LogP contribution in [0, 0.1) is 0 Å². The highest BCUT2D eigenvalue weighted by Gasteiger charge is 2.46. The van der Waals surface area contributed by atoms with Crippen LogP contribution in [0.5, 0.6) is 0 Å². The molecule has 96 valence electrons. The molecule has 7 nitrogen and oxygen atoms in total. The van der Waals surface area contributed by atoms with Gasteiger partial charge in [-0.1, -0.05) is 0 Å². The lowest BCUT2D eigenvalue weighted by Crippen LogP contribution is -2.64. The van der Waals surface area contributed by atoms with E-state index in [1.165, 1.54) is 13.8 Å². The van der Waals surface area contributed by atoms with Gasteiger partial charge in [0.2, 0.25) is 5.91 Å². The van der Waals surface area contributed by atoms with Gasteiger partial charge in [-0.15, -0.1) is 0 Å². The summed E-state index contributed by atoms with van der Waals surface area (Å²) in [6, 6.07) is -0.698. The predicted molar refractivity (Wildman–Crippen MR) is 59.2 cm³/mol. The number of aliphatic carboxylic acids is 1. The van der Waals surface area contributed by atoms with Crippen molar-refractivity contribution >= 4 is 17.9 Å². The zero-order chi connectivity index (χ0) is 13.3. The summed E-state index contributed by atoms with van der Waals surface area (Å²) in [6.07, 6.45) is 1.55. The van der Waals surface area contributed by atoms with E-state index in [1.54, 1.807) is 0 Å². The topological polar surface area (TPSA) is 122 Å². The first-order chi connectivity index (χ1) is 7.69. The largest absolute Gasteiger partial charge is 0.480 e. The number of hydrogen-bond acceptors (Lipinski definition) is 3. The maximum Gasteiger partial charge on any atom is 0.329 e. The lowest BCUT2D eigenvalue weighted by atomic mass is 9.77. The van der Waals surface area contributed by atoms with Gasteiger partial charge in [-0.3, -0.25) is 4.79 Å². The van der Waals surface area contributed by atoms with Crippen LogP contribution in [0.3, 0.4) is 0 Å².